The number of alkyl halides is 3. The Morgan fingerprint density at radius 3 is 1.95 bits per heavy atom. The molecule has 106 valence electrons. The molecule has 0 aliphatic heterocycles. The van der Waals surface area contributed by atoms with E-state index in [1.807, 2.05) is 20.8 Å². The molecule has 1 heterocycles. The van der Waals surface area contributed by atoms with Crippen molar-refractivity contribution in [1.29, 1.82) is 0 Å². The van der Waals surface area contributed by atoms with Gasteiger partial charge in [-0.05, 0) is 54.7 Å². The van der Waals surface area contributed by atoms with E-state index in [0.717, 1.165) is 30.4 Å². The third kappa shape index (κ3) is 2.63. The minimum Gasteiger partial charge on any atom is -0.248 e. The number of halogens is 3. The average molecular weight is 271 g/mol. The van der Waals surface area contributed by atoms with Crippen LogP contribution in [-0.4, -0.2) is 4.98 Å². The van der Waals surface area contributed by atoms with Gasteiger partial charge in [0, 0.05) is 5.69 Å². The molecule has 0 spiro atoms. The molecule has 4 heteroatoms. The second-order valence-electron chi connectivity index (χ2n) is 5.11. The quantitative estimate of drug-likeness (QED) is 0.775. The summed E-state index contributed by atoms with van der Waals surface area (Å²) in [4.78, 5) is 3.98. The molecule has 0 bridgehead atoms. The lowest BCUT2D eigenvalue weighted by molar-refractivity contribution is -0.142. The summed E-state index contributed by atoms with van der Waals surface area (Å²) in [5.74, 6) is 0.0790. The summed E-state index contributed by atoms with van der Waals surface area (Å²) in [6.45, 7) is 5.82. The fourth-order valence-electron chi connectivity index (χ4n) is 2.88. The van der Waals surface area contributed by atoms with Crippen LogP contribution in [-0.2, 0) is 25.4 Å². The van der Waals surface area contributed by atoms with Crippen molar-refractivity contribution in [2.24, 2.45) is 0 Å². The van der Waals surface area contributed by atoms with Crippen LogP contribution in [0.5, 0.6) is 0 Å². The van der Waals surface area contributed by atoms with Crippen LogP contribution in [0.4, 0.5) is 13.2 Å². The molecule has 19 heavy (non-hydrogen) atoms. The third-order valence-corrected chi connectivity index (χ3v) is 3.84. The van der Waals surface area contributed by atoms with Gasteiger partial charge in [0.25, 0.3) is 0 Å². The SMILES string of the molecule is CCc1nc(C(F)(F)F)c(C2CC2)c(CC)c1CC. The Balaban J connectivity index is 2.72. The minimum absolute atomic E-state index is 0.0790. The van der Waals surface area contributed by atoms with Crippen molar-refractivity contribution in [2.75, 3.05) is 0 Å². The second-order valence-corrected chi connectivity index (χ2v) is 5.11. The molecule has 0 aromatic carbocycles. The van der Waals surface area contributed by atoms with Gasteiger partial charge < -0.3 is 0 Å². The van der Waals surface area contributed by atoms with Gasteiger partial charge in [-0.25, -0.2) is 4.98 Å². The molecule has 1 nitrogen and oxygen atoms in total. The highest BCUT2D eigenvalue weighted by Crippen LogP contribution is 2.48. The van der Waals surface area contributed by atoms with Gasteiger partial charge in [0.2, 0.25) is 0 Å². The van der Waals surface area contributed by atoms with Crippen LogP contribution in [0.25, 0.3) is 0 Å². The van der Waals surface area contributed by atoms with Crippen LogP contribution in [0.15, 0.2) is 0 Å². The van der Waals surface area contributed by atoms with Gasteiger partial charge in [-0.1, -0.05) is 20.8 Å². The van der Waals surface area contributed by atoms with Gasteiger partial charge in [0.05, 0.1) is 0 Å². The highest BCUT2D eigenvalue weighted by molar-refractivity contribution is 5.45. The first-order chi connectivity index (χ1) is 8.93. The van der Waals surface area contributed by atoms with Crippen molar-refractivity contribution in [3.63, 3.8) is 0 Å². The molecule has 1 aromatic rings. The summed E-state index contributed by atoms with van der Waals surface area (Å²) >= 11 is 0. The average Bonchev–Trinajstić information content (AvgIpc) is 3.18. The lowest BCUT2D eigenvalue weighted by Gasteiger charge is -2.21. The van der Waals surface area contributed by atoms with Crippen LogP contribution in [0.2, 0.25) is 0 Å². The smallest absolute Gasteiger partial charge is 0.248 e. The Bertz CT molecular complexity index is 473. The normalized spacial score (nSPS) is 15.9. The molecule has 0 atom stereocenters. The van der Waals surface area contributed by atoms with Crippen LogP contribution >= 0.6 is 0 Å². The van der Waals surface area contributed by atoms with E-state index in [2.05, 4.69) is 4.98 Å². The summed E-state index contributed by atoms with van der Waals surface area (Å²) in [7, 11) is 0. The standard InChI is InChI=1S/C15H20F3N/c1-4-10-11(5-2)13(9-7-8-9)14(15(16,17)18)19-12(10)6-3/h9H,4-8H2,1-3H3. The summed E-state index contributed by atoms with van der Waals surface area (Å²) in [5.41, 5.74) is 2.44. The molecule has 1 aliphatic carbocycles. The van der Waals surface area contributed by atoms with E-state index < -0.39 is 11.9 Å². The zero-order valence-electron chi connectivity index (χ0n) is 11.7. The van der Waals surface area contributed by atoms with Crippen molar-refractivity contribution >= 4 is 0 Å². The first-order valence-corrected chi connectivity index (χ1v) is 7.05. The summed E-state index contributed by atoms with van der Waals surface area (Å²) < 4.78 is 39.7. The van der Waals surface area contributed by atoms with E-state index in [1.165, 1.54) is 0 Å². The largest absolute Gasteiger partial charge is 0.433 e. The maximum Gasteiger partial charge on any atom is 0.433 e. The van der Waals surface area contributed by atoms with Gasteiger partial charge >= 0.3 is 6.18 Å². The minimum atomic E-state index is -4.34. The molecule has 0 unspecified atom stereocenters. The van der Waals surface area contributed by atoms with Crippen molar-refractivity contribution in [3.8, 4) is 0 Å². The molecule has 1 saturated carbocycles. The van der Waals surface area contributed by atoms with Crippen LogP contribution in [0.3, 0.4) is 0 Å². The van der Waals surface area contributed by atoms with Crippen LogP contribution in [0.1, 0.15) is 67.6 Å². The van der Waals surface area contributed by atoms with Crippen molar-refractivity contribution in [3.05, 3.63) is 28.1 Å². The monoisotopic (exact) mass is 271 g/mol. The number of rotatable bonds is 4. The molecular weight excluding hydrogens is 251 g/mol. The van der Waals surface area contributed by atoms with Gasteiger partial charge in [0.1, 0.15) is 5.69 Å². The first kappa shape index (κ1) is 14.4. The molecule has 0 saturated heterocycles. The number of aryl methyl sites for hydroxylation is 1. The van der Waals surface area contributed by atoms with Gasteiger partial charge in [0.15, 0.2) is 0 Å². The molecule has 1 aromatic heterocycles. The second kappa shape index (κ2) is 5.14. The highest BCUT2D eigenvalue weighted by atomic mass is 19.4. The van der Waals surface area contributed by atoms with E-state index in [1.54, 1.807) is 0 Å². The van der Waals surface area contributed by atoms with E-state index >= 15 is 0 Å². The van der Waals surface area contributed by atoms with Gasteiger partial charge in [-0.2, -0.15) is 13.2 Å². The van der Waals surface area contributed by atoms with Crippen molar-refractivity contribution < 1.29 is 13.2 Å². The Labute approximate surface area is 112 Å². The van der Waals surface area contributed by atoms with Crippen LogP contribution < -0.4 is 0 Å². The van der Waals surface area contributed by atoms with Gasteiger partial charge in [-0.15, -0.1) is 0 Å². The molecule has 0 radical (unpaired) electrons. The Hall–Kier alpha value is -1.06. The number of nitrogens with zero attached hydrogens (tertiary/aromatic N) is 1. The molecule has 1 aliphatic rings. The zero-order valence-corrected chi connectivity index (χ0v) is 11.7. The maximum absolute atomic E-state index is 13.2. The van der Waals surface area contributed by atoms with Gasteiger partial charge in [-0.3, -0.25) is 0 Å². The molecular formula is C15H20F3N. The predicted molar refractivity (Wildman–Crippen MR) is 69.3 cm³/mol. The Kier molecular flexibility index (Phi) is 3.88. The summed E-state index contributed by atoms with van der Waals surface area (Å²) in [6, 6.07) is 0. The lowest BCUT2D eigenvalue weighted by atomic mass is 9.91. The van der Waals surface area contributed by atoms with E-state index in [4.69, 9.17) is 0 Å². The van der Waals surface area contributed by atoms with E-state index in [9.17, 15) is 13.2 Å². The maximum atomic E-state index is 13.2. The first-order valence-electron chi connectivity index (χ1n) is 7.05. The Morgan fingerprint density at radius 1 is 1.00 bits per heavy atom. The van der Waals surface area contributed by atoms with Crippen LogP contribution in [0, 0.1) is 0 Å². The molecule has 0 N–H and O–H groups in total. The van der Waals surface area contributed by atoms with E-state index in [-0.39, 0.29) is 5.92 Å². The number of pyridine rings is 1. The lowest BCUT2D eigenvalue weighted by Crippen LogP contribution is -2.18. The fourth-order valence-corrected chi connectivity index (χ4v) is 2.88. The number of hydrogen-bond donors (Lipinski definition) is 0. The van der Waals surface area contributed by atoms with Crippen molar-refractivity contribution in [1.82, 2.24) is 4.98 Å². The zero-order chi connectivity index (χ0) is 14.2. The molecule has 2 rings (SSSR count). The summed E-state index contributed by atoms with van der Waals surface area (Å²) in [5, 5.41) is 0. The summed E-state index contributed by atoms with van der Waals surface area (Å²) in [6.07, 6.45) is -0.619. The number of hydrogen-bond acceptors (Lipinski definition) is 1. The topological polar surface area (TPSA) is 12.9 Å². The molecule has 1 fully saturated rings. The van der Waals surface area contributed by atoms with E-state index in [0.29, 0.717) is 24.1 Å². The fraction of sp³-hybridized carbons (Fsp3) is 0.667. The Morgan fingerprint density at radius 2 is 1.58 bits per heavy atom. The predicted octanol–water partition coefficient (Wildman–Crippen LogP) is 4.67. The highest BCUT2D eigenvalue weighted by Gasteiger charge is 2.42. The third-order valence-electron chi connectivity index (χ3n) is 3.84. The van der Waals surface area contributed by atoms with Crippen molar-refractivity contribution in [2.45, 2.75) is 65.0 Å². The number of aromatic nitrogens is 1. The molecule has 0 amide bonds.